The maximum atomic E-state index is 8.78. The summed E-state index contributed by atoms with van der Waals surface area (Å²) in [6.07, 6.45) is -0.173. The Hall–Kier alpha value is -1.92. The Labute approximate surface area is 124 Å². The standard InChI is InChI=1S/C15H21N3O3/c1-10(2)13(20-3)14-17-15(21-18-14)11-4-6-12(7-5-11)16-8-9-19/h4-7,10,13,16,19H,8-9H2,1-3H3. The molecule has 6 nitrogen and oxygen atoms in total. The van der Waals surface area contributed by atoms with E-state index in [2.05, 4.69) is 15.5 Å². The zero-order valence-electron chi connectivity index (χ0n) is 12.5. The van der Waals surface area contributed by atoms with Crippen LogP contribution < -0.4 is 5.32 Å². The van der Waals surface area contributed by atoms with Crippen molar-refractivity contribution >= 4 is 5.69 Å². The fourth-order valence-corrected chi connectivity index (χ4v) is 2.07. The fourth-order valence-electron chi connectivity index (χ4n) is 2.07. The van der Waals surface area contributed by atoms with Crippen LogP contribution in [0.15, 0.2) is 28.8 Å². The van der Waals surface area contributed by atoms with E-state index in [1.54, 1.807) is 7.11 Å². The van der Waals surface area contributed by atoms with E-state index in [0.717, 1.165) is 11.3 Å². The molecule has 0 radical (unpaired) electrons. The Balaban J connectivity index is 2.13. The molecule has 114 valence electrons. The maximum absolute atomic E-state index is 8.78. The van der Waals surface area contributed by atoms with Gasteiger partial charge in [0, 0.05) is 24.9 Å². The summed E-state index contributed by atoms with van der Waals surface area (Å²) in [5.74, 6) is 1.30. The van der Waals surface area contributed by atoms with Gasteiger partial charge >= 0.3 is 0 Å². The van der Waals surface area contributed by atoms with E-state index in [-0.39, 0.29) is 18.6 Å². The molecule has 0 aliphatic heterocycles. The van der Waals surface area contributed by atoms with Crippen LogP contribution in [0.5, 0.6) is 0 Å². The van der Waals surface area contributed by atoms with Crippen molar-refractivity contribution in [2.75, 3.05) is 25.6 Å². The van der Waals surface area contributed by atoms with Gasteiger partial charge in [-0.2, -0.15) is 4.98 Å². The summed E-state index contributed by atoms with van der Waals surface area (Å²) in [4.78, 5) is 4.40. The molecule has 0 aliphatic rings. The van der Waals surface area contributed by atoms with Crippen molar-refractivity contribution in [1.82, 2.24) is 10.1 Å². The molecule has 0 fully saturated rings. The molecular formula is C15H21N3O3. The second-order valence-corrected chi connectivity index (χ2v) is 5.09. The minimum absolute atomic E-state index is 0.0996. The number of nitrogens with zero attached hydrogens (tertiary/aromatic N) is 2. The molecule has 0 amide bonds. The Morgan fingerprint density at radius 3 is 2.57 bits per heavy atom. The number of aliphatic hydroxyl groups is 1. The Morgan fingerprint density at radius 1 is 1.29 bits per heavy atom. The number of methoxy groups -OCH3 is 1. The van der Waals surface area contributed by atoms with Crippen LogP contribution in [-0.2, 0) is 4.74 Å². The number of aromatic nitrogens is 2. The first kappa shape index (κ1) is 15.5. The third-order valence-corrected chi connectivity index (χ3v) is 3.13. The first-order chi connectivity index (χ1) is 10.2. The van der Waals surface area contributed by atoms with Gasteiger partial charge in [0.2, 0.25) is 5.82 Å². The topological polar surface area (TPSA) is 80.4 Å². The molecule has 1 atom stereocenters. The number of benzene rings is 1. The monoisotopic (exact) mass is 291 g/mol. The van der Waals surface area contributed by atoms with E-state index in [9.17, 15) is 0 Å². The van der Waals surface area contributed by atoms with Crippen LogP contribution in [0.3, 0.4) is 0 Å². The van der Waals surface area contributed by atoms with E-state index in [1.807, 2.05) is 38.1 Å². The molecule has 2 aromatic rings. The van der Waals surface area contributed by atoms with Crippen molar-refractivity contribution in [2.45, 2.75) is 20.0 Å². The van der Waals surface area contributed by atoms with Crippen molar-refractivity contribution < 1.29 is 14.4 Å². The summed E-state index contributed by atoms with van der Waals surface area (Å²) in [5, 5.41) is 15.9. The van der Waals surface area contributed by atoms with Gasteiger partial charge in [0.15, 0.2) is 0 Å². The van der Waals surface area contributed by atoms with Gasteiger partial charge in [-0.25, -0.2) is 0 Å². The molecule has 2 rings (SSSR count). The van der Waals surface area contributed by atoms with Crippen LogP contribution in [0.25, 0.3) is 11.5 Å². The van der Waals surface area contributed by atoms with Crippen LogP contribution in [0.2, 0.25) is 0 Å². The Morgan fingerprint density at radius 2 is 2.00 bits per heavy atom. The maximum Gasteiger partial charge on any atom is 0.258 e. The smallest absolute Gasteiger partial charge is 0.258 e. The molecule has 21 heavy (non-hydrogen) atoms. The second-order valence-electron chi connectivity index (χ2n) is 5.09. The lowest BCUT2D eigenvalue weighted by Gasteiger charge is -2.14. The lowest BCUT2D eigenvalue weighted by atomic mass is 10.1. The Bertz CT molecular complexity index is 552. The minimum atomic E-state index is -0.173. The van der Waals surface area contributed by atoms with E-state index in [4.69, 9.17) is 14.4 Å². The third-order valence-electron chi connectivity index (χ3n) is 3.13. The molecule has 0 aliphatic carbocycles. The van der Waals surface area contributed by atoms with Crippen LogP contribution in [0.1, 0.15) is 25.8 Å². The highest BCUT2D eigenvalue weighted by atomic mass is 16.5. The largest absolute Gasteiger partial charge is 0.395 e. The lowest BCUT2D eigenvalue weighted by molar-refractivity contribution is 0.0556. The first-order valence-corrected chi connectivity index (χ1v) is 6.97. The number of aliphatic hydroxyl groups excluding tert-OH is 1. The first-order valence-electron chi connectivity index (χ1n) is 6.97. The zero-order chi connectivity index (χ0) is 15.2. The van der Waals surface area contributed by atoms with Crippen molar-refractivity contribution in [3.05, 3.63) is 30.1 Å². The summed E-state index contributed by atoms with van der Waals surface area (Å²) in [5.41, 5.74) is 1.78. The lowest BCUT2D eigenvalue weighted by Crippen LogP contribution is -2.10. The number of ether oxygens (including phenoxy) is 1. The van der Waals surface area contributed by atoms with Gasteiger partial charge in [0.25, 0.3) is 5.89 Å². The molecular weight excluding hydrogens is 270 g/mol. The van der Waals surface area contributed by atoms with Crippen molar-refractivity contribution in [1.29, 1.82) is 0 Å². The average molecular weight is 291 g/mol. The van der Waals surface area contributed by atoms with Gasteiger partial charge < -0.3 is 19.7 Å². The molecule has 0 saturated heterocycles. The summed E-state index contributed by atoms with van der Waals surface area (Å²) >= 11 is 0. The second kappa shape index (κ2) is 7.19. The molecule has 1 unspecified atom stereocenters. The predicted molar refractivity (Wildman–Crippen MR) is 79.9 cm³/mol. The van der Waals surface area contributed by atoms with E-state index in [1.165, 1.54) is 0 Å². The van der Waals surface area contributed by atoms with Crippen molar-refractivity contribution in [3.8, 4) is 11.5 Å². The fraction of sp³-hybridized carbons (Fsp3) is 0.467. The summed E-state index contributed by atoms with van der Waals surface area (Å²) in [6, 6.07) is 7.61. The Kier molecular flexibility index (Phi) is 5.30. The number of anilines is 1. The highest BCUT2D eigenvalue weighted by Crippen LogP contribution is 2.26. The number of rotatable bonds is 7. The van der Waals surface area contributed by atoms with Gasteiger partial charge in [-0.05, 0) is 30.2 Å². The van der Waals surface area contributed by atoms with E-state index >= 15 is 0 Å². The van der Waals surface area contributed by atoms with Crippen LogP contribution in [0, 0.1) is 5.92 Å². The van der Waals surface area contributed by atoms with Crippen LogP contribution in [-0.4, -0.2) is 35.5 Å². The van der Waals surface area contributed by atoms with Gasteiger partial charge in [0.1, 0.15) is 6.10 Å². The normalized spacial score (nSPS) is 12.6. The van der Waals surface area contributed by atoms with Gasteiger partial charge in [-0.1, -0.05) is 19.0 Å². The van der Waals surface area contributed by atoms with Gasteiger partial charge in [-0.15, -0.1) is 0 Å². The molecule has 6 heteroatoms. The van der Waals surface area contributed by atoms with Gasteiger partial charge in [0.05, 0.1) is 6.61 Å². The summed E-state index contributed by atoms with van der Waals surface area (Å²) < 4.78 is 10.7. The molecule has 0 saturated carbocycles. The number of hydrogen-bond acceptors (Lipinski definition) is 6. The molecule has 1 heterocycles. The quantitative estimate of drug-likeness (QED) is 0.815. The number of hydrogen-bond donors (Lipinski definition) is 2. The summed E-state index contributed by atoms with van der Waals surface area (Å²) in [7, 11) is 1.64. The highest BCUT2D eigenvalue weighted by Gasteiger charge is 2.21. The SMILES string of the molecule is COC(c1noc(-c2ccc(NCCO)cc2)n1)C(C)C. The summed E-state index contributed by atoms with van der Waals surface area (Å²) in [6.45, 7) is 4.72. The van der Waals surface area contributed by atoms with Crippen LogP contribution >= 0.6 is 0 Å². The zero-order valence-corrected chi connectivity index (χ0v) is 12.5. The molecule has 2 N–H and O–H groups in total. The number of nitrogens with one attached hydrogen (secondary N) is 1. The molecule has 1 aromatic heterocycles. The molecule has 1 aromatic carbocycles. The minimum Gasteiger partial charge on any atom is -0.395 e. The van der Waals surface area contributed by atoms with Crippen LogP contribution in [0.4, 0.5) is 5.69 Å². The van der Waals surface area contributed by atoms with E-state index in [0.29, 0.717) is 18.3 Å². The van der Waals surface area contributed by atoms with Crippen molar-refractivity contribution in [3.63, 3.8) is 0 Å². The van der Waals surface area contributed by atoms with Gasteiger partial charge in [-0.3, -0.25) is 0 Å². The average Bonchev–Trinajstić information content (AvgIpc) is 2.95. The molecule has 0 spiro atoms. The van der Waals surface area contributed by atoms with Crippen molar-refractivity contribution in [2.24, 2.45) is 5.92 Å². The third kappa shape index (κ3) is 3.80. The van der Waals surface area contributed by atoms with E-state index < -0.39 is 0 Å². The predicted octanol–water partition coefficient (Wildman–Crippen LogP) is 2.48. The molecule has 0 bridgehead atoms. The highest BCUT2D eigenvalue weighted by molar-refractivity contribution is 5.58.